The Morgan fingerprint density at radius 2 is 1.92 bits per heavy atom. The van der Waals surface area contributed by atoms with Crippen molar-refractivity contribution >= 4 is 34.6 Å². The maximum atomic E-state index is 13.4. The molecule has 1 aromatic heterocycles. The van der Waals surface area contributed by atoms with Crippen molar-refractivity contribution in [3.05, 3.63) is 46.5 Å². The van der Waals surface area contributed by atoms with Gasteiger partial charge in [0.2, 0.25) is 5.60 Å². The van der Waals surface area contributed by atoms with Crippen LogP contribution in [0.5, 0.6) is 0 Å². The quantitative estimate of drug-likeness (QED) is 0.357. The molecule has 37 heavy (non-hydrogen) atoms. The fraction of sp³-hybridized carbons (Fsp3) is 0.556. The molecular formula is C27H35N3O6S. The lowest BCUT2D eigenvalue weighted by molar-refractivity contribution is -0.167. The highest BCUT2D eigenvalue weighted by atomic mass is 32.1. The lowest BCUT2D eigenvalue weighted by Crippen LogP contribution is -2.51. The number of thiazole rings is 1. The number of aryl methyl sites for hydroxylation is 1. The molecule has 1 N–H and O–H groups in total. The summed E-state index contributed by atoms with van der Waals surface area (Å²) in [6.07, 6.45) is 5.44. The number of methoxy groups -OCH3 is 1. The predicted molar refractivity (Wildman–Crippen MR) is 139 cm³/mol. The van der Waals surface area contributed by atoms with Gasteiger partial charge in [-0.1, -0.05) is 43.7 Å². The number of carbonyl (C=O) groups excluding carboxylic acids is 3. The van der Waals surface area contributed by atoms with E-state index in [2.05, 4.69) is 10.3 Å². The number of nitrogens with one attached hydrogen (secondary N) is 1. The molecular weight excluding hydrogens is 494 g/mol. The van der Waals surface area contributed by atoms with Crippen molar-refractivity contribution in [1.82, 2.24) is 9.88 Å². The van der Waals surface area contributed by atoms with Crippen molar-refractivity contribution in [2.45, 2.75) is 83.0 Å². The molecule has 4 rings (SSSR count). The van der Waals surface area contributed by atoms with Gasteiger partial charge in [0.15, 0.2) is 5.13 Å². The highest BCUT2D eigenvalue weighted by Crippen LogP contribution is 2.35. The number of fused-ring (bicyclic) bond motifs is 1. The molecule has 2 amide bonds. The van der Waals surface area contributed by atoms with Crippen LogP contribution < -0.4 is 5.32 Å². The van der Waals surface area contributed by atoms with E-state index in [0.29, 0.717) is 37.4 Å². The van der Waals surface area contributed by atoms with Crippen LogP contribution in [-0.4, -0.2) is 53.3 Å². The number of hydrogen-bond donors (Lipinski definition) is 1. The van der Waals surface area contributed by atoms with E-state index in [9.17, 15) is 14.4 Å². The van der Waals surface area contributed by atoms with Gasteiger partial charge in [-0.15, -0.1) is 11.3 Å². The van der Waals surface area contributed by atoms with E-state index in [4.69, 9.17) is 14.2 Å². The Morgan fingerprint density at radius 1 is 1.16 bits per heavy atom. The molecule has 0 saturated heterocycles. The minimum Gasteiger partial charge on any atom is -0.466 e. The normalized spacial score (nSPS) is 18.3. The number of aromatic nitrogens is 1. The zero-order valence-corrected chi connectivity index (χ0v) is 22.3. The summed E-state index contributed by atoms with van der Waals surface area (Å²) < 4.78 is 16.3. The summed E-state index contributed by atoms with van der Waals surface area (Å²) in [4.78, 5) is 45.6. The third kappa shape index (κ3) is 6.60. The van der Waals surface area contributed by atoms with Crippen molar-refractivity contribution < 1.29 is 28.6 Å². The van der Waals surface area contributed by atoms with Crippen LogP contribution in [0.15, 0.2) is 30.3 Å². The summed E-state index contributed by atoms with van der Waals surface area (Å²) in [5.74, 6) is -0.472. The van der Waals surface area contributed by atoms with Crippen LogP contribution in [0.25, 0.3) is 0 Å². The molecule has 1 saturated carbocycles. The summed E-state index contributed by atoms with van der Waals surface area (Å²) in [6, 6.07) is 9.41. The van der Waals surface area contributed by atoms with E-state index in [1.807, 2.05) is 37.3 Å². The Labute approximate surface area is 221 Å². The zero-order valence-electron chi connectivity index (χ0n) is 21.5. The van der Waals surface area contributed by atoms with Gasteiger partial charge in [-0.05, 0) is 50.5 Å². The number of carbonyl (C=O) groups is 3. The van der Waals surface area contributed by atoms with Crippen LogP contribution in [0.3, 0.4) is 0 Å². The van der Waals surface area contributed by atoms with E-state index in [1.54, 1.807) is 4.90 Å². The van der Waals surface area contributed by atoms with Crippen LogP contribution >= 0.6 is 11.3 Å². The van der Waals surface area contributed by atoms with Gasteiger partial charge in [0.05, 0.1) is 12.8 Å². The fourth-order valence-electron chi connectivity index (χ4n) is 5.07. The second-order valence-electron chi connectivity index (χ2n) is 9.58. The molecule has 0 aliphatic heterocycles. The van der Waals surface area contributed by atoms with Gasteiger partial charge < -0.3 is 19.1 Å². The third-order valence-corrected chi connectivity index (χ3v) is 8.01. The van der Waals surface area contributed by atoms with Crippen molar-refractivity contribution in [3.8, 4) is 0 Å². The molecule has 1 heterocycles. The van der Waals surface area contributed by atoms with E-state index in [1.165, 1.54) is 18.4 Å². The van der Waals surface area contributed by atoms with E-state index in [0.717, 1.165) is 48.2 Å². The Hall–Kier alpha value is -3.14. The molecule has 1 fully saturated rings. The van der Waals surface area contributed by atoms with Crippen molar-refractivity contribution in [2.24, 2.45) is 0 Å². The van der Waals surface area contributed by atoms with Crippen LogP contribution in [-0.2, 0) is 38.5 Å². The second-order valence-corrected chi connectivity index (χ2v) is 10.7. The first-order chi connectivity index (χ1) is 17.9. The van der Waals surface area contributed by atoms with Crippen LogP contribution in [0, 0.1) is 0 Å². The average Bonchev–Trinajstić information content (AvgIpc) is 3.32. The highest BCUT2D eigenvalue weighted by Gasteiger charge is 2.46. The number of ether oxygens (including phenoxy) is 3. The van der Waals surface area contributed by atoms with E-state index in [-0.39, 0.29) is 12.6 Å². The average molecular weight is 530 g/mol. The molecule has 1 atom stereocenters. The van der Waals surface area contributed by atoms with Gasteiger partial charge in [-0.2, -0.15) is 0 Å². The molecule has 200 valence electrons. The first-order valence-corrected chi connectivity index (χ1v) is 13.8. The van der Waals surface area contributed by atoms with E-state index < -0.39 is 23.8 Å². The SMILES string of the molecule is CCCN(C(=O)OC1(C(=O)OC)CCCCC1)[C@H]1CCc2nc(NC(=O)OCc3ccccc3)sc2C1. The summed E-state index contributed by atoms with van der Waals surface area (Å²) in [6.45, 7) is 2.73. The van der Waals surface area contributed by atoms with Gasteiger partial charge in [-0.25, -0.2) is 19.4 Å². The maximum absolute atomic E-state index is 13.4. The number of benzene rings is 1. The Balaban J connectivity index is 1.39. The van der Waals surface area contributed by atoms with Crippen LogP contribution in [0.2, 0.25) is 0 Å². The van der Waals surface area contributed by atoms with E-state index >= 15 is 0 Å². The number of esters is 1. The van der Waals surface area contributed by atoms with Crippen LogP contribution in [0.1, 0.15) is 68.0 Å². The minimum atomic E-state index is -1.20. The topological polar surface area (TPSA) is 107 Å². The molecule has 2 aliphatic carbocycles. The predicted octanol–water partition coefficient (Wildman–Crippen LogP) is 5.47. The van der Waals surface area contributed by atoms with Crippen LogP contribution in [0.4, 0.5) is 14.7 Å². The number of rotatable bonds is 8. The highest BCUT2D eigenvalue weighted by molar-refractivity contribution is 7.15. The Kier molecular flexibility index (Phi) is 9.02. The summed E-state index contributed by atoms with van der Waals surface area (Å²) >= 11 is 1.40. The van der Waals surface area contributed by atoms with Crippen molar-refractivity contribution in [3.63, 3.8) is 0 Å². The summed E-state index contributed by atoms with van der Waals surface area (Å²) in [5.41, 5.74) is 0.643. The monoisotopic (exact) mass is 529 g/mol. The number of nitrogens with zero attached hydrogens (tertiary/aromatic N) is 2. The second kappa shape index (κ2) is 12.4. The number of amides is 2. The largest absolute Gasteiger partial charge is 0.466 e. The van der Waals surface area contributed by atoms with Gasteiger partial charge in [0.1, 0.15) is 6.61 Å². The van der Waals surface area contributed by atoms with Crippen molar-refractivity contribution in [1.29, 1.82) is 0 Å². The third-order valence-electron chi connectivity index (χ3n) is 6.98. The lowest BCUT2D eigenvalue weighted by Gasteiger charge is -2.38. The molecule has 0 spiro atoms. The molecule has 9 nitrogen and oxygen atoms in total. The zero-order chi connectivity index (χ0) is 26.3. The fourth-order valence-corrected chi connectivity index (χ4v) is 6.13. The summed E-state index contributed by atoms with van der Waals surface area (Å²) in [5, 5.41) is 3.22. The molecule has 2 aromatic rings. The van der Waals surface area contributed by atoms with Gasteiger partial charge in [-0.3, -0.25) is 5.32 Å². The molecule has 1 aromatic carbocycles. The first-order valence-electron chi connectivity index (χ1n) is 13.0. The molecule has 0 bridgehead atoms. The minimum absolute atomic E-state index is 0.0726. The Bertz CT molecular complexity index is 1080. The molecule has 0 unspecified atom stereocenters. The van der Waals surface area contributed by atoms with Crippen molar-refractivity contribution in [2.75, 3.05) is 19.0 Å². The summed E-state index contributed by atoms with van der Waals surface area (Å²) in [7, 11) is 1.34. The first kappa shape index (κ1) is 26.9. The lowest BCUT2D eigenvalue weighted by atomic mass is 9.84. The Morgan fingerprint density at radius 3 is 2.62 bits per heavy atom. The van der Waals surface area contributed by atoms with Gasteiger partial charge in [0.25, 0.3) is 0 Å². The maximum Gasteiger partial charge on any atom is 0.413 e. The number of anilines is 1. The molecule has 0 radical (unpaired) electrons. The smallest absolute Gasteiger partial charge is 0.413 e. The molecule has 2 aliphatic rings. The standard InChI is InChI=1S/C27H35N3O6S/c1-3-16-30(26(33)36-27(23(31)34-2)14-8-5-9-15-27)20-12-13-21-22(17-20)37-24(28-21)29-25(32)35-18-19-10-6-4-7-11-19/h4,6-7,10-11,20H,3,5,8-9,12-18H2,1-2H3,(H,28,29,32)/t20-/m0/s1. The number of hydrogen-bond acceptors (Lipinski definition) is 8. The molecule has 10 heteroatoms. The van der Waals surface area contributed by atoms with Gasteiger partial charge in [0, 0.05) is 23.9 Å². The van der Waals surface area contributed by atoms with Gasteiger partial charge >= 0.3 is 18.2 Å².